The molecule has 1 aromatic heterocycles. The standard InChI is InChI=1S/C16H16F3N3O3/c1-2-13-20-15(25-21-13)12-7-8-14(23)22(12)9-10-3-5-11(6-4-10)24-16(17,18)19/h3-6,12H,2,7-9H2,1H3. The predicted molar refractivity (Wildman–Crippen MR) is 79.3 cm³/mol. The Hall–Kier alpha value is -2.58. The Bertz CT molecular complexity index is 743. The third-order valence-electron chi connectivity index (χ3n) is 3.92. The molecule has 0 bridgehead atoms. The third kappa shape index (κ3) is 4.09. The third-order valence-corrected chi connectivity index (χ3v) is 3.92. The zero-order chi connectivity index (χ0) is 18.0. The van der Waals surface area contributed by atoms with E-state index in [2.05, 4.69) is 14.9 Å². The van der Waals surface area contributed by atoms with Crippen molar-refractivity contribution in [2.75, 3.05) is 0 Å². The smallest absolute Gasteiger partial charge is 0.406 e. The Balaban J connectivity index is 1.72. The highest BCUT2D eigenvalue weighted by atomic mass is 19.4. The van der Waals surface area contributed by atoms with Crippen molar-refractivity contribution in [3.05, 3.63) is 41.5 Å². The molecular formula is C16H16F3N3O3. The zero-order valence-electron chi connectivity index (χ0n) is 13.4. The number of carbonyl (C=O) groups is 1. The highest BCUT2D eigenvalue weighted by Crippen LogP contribution is 2.33. The van der Waals surface area contributed by atoms with E-state index in [1.165, 1.54) is 24.3 Å². The van der Waals surface area contributed by atoms with Crippen LogP contribution < -0.4 is 4.74 Å². The molecule has 0 N–H and O–H groups in total. The van der Waals surface area contributed by atoms with Crippen molar-refractivity contribution in [1.82, 2.24) is 15.0 Å². The molecule has 9 heteroatoms. The van der Waals surface area contributed by atoms with Gasteiger partial charge in [-0.1, -0.05) is 24.2 Å². The van der Waals surface area contributed by atoms with Crippen LogP contribution in [0.25, 0.3) is 0 Å². The number of benzene rings is 1. The fourth-order valence-corrected chi connectivity index (χ4v) is 2.73. The van der Waals surface area contributed by atoms with Crippen LogP contribution in [0.4, 0.5) is 13.2 Å². The summed E-state index contributed by atoms with van der Waals surface area (Å²) >= 11 is 0. The largest absolute Gasteiger partial charge is 0.573 e. The maximum Gasteiger partial charge on any atom is 0.573 e. The molecule has 25 heavy (non-hydrogen) atoms. The normalized spacial score (nSPS) is 18.0. The lowest BCUT2D eigenvalue weighted by Crippen LogP contribution is -2.27. The maximum atomic E-state index is 12.2. The lowest BCUT2D eigenvalue weighted by atomic mass is 10.1. The minimum absolute atomic E-state index is 0.0585. The van der Waals surface area contributed by atoms with Crippen molar-refractivity contribution in [1.29, 1.82) is 0 Å². The van der Waals surface area contributed by atoms with Gasteiger partial charge in [0.1, 0.15) is 11.8 Å². The minimum Gasteiger partial charge on any atom is -0.406 e. The van der Waals surface area contributed by atoms with Gasteiger partial charge in [0.05, 0.1) is 0 Å². The van der Waals surface area contributed by atoms with E-state index >= 15 is 0 Å². The molecule has 0 aliphatic carbocycles. The van der Waals surface area contributed by atoms with E-state index in [-0.39, 0.29) is 24.2 Å². The maximum absolute atomic E-state index is 12.2. The average Bonchev–Trinajstić information content (AvgIpc) is 3.15. The number of rotatable bonds is 5. The number of carbonyl (C=O) groups excluding carboxylic acids is 1. The molecule has 1 aliphatic heterocycles. The molecule has 3 rings (SSSR count). The van der Waals surface area contributed by atoms with Crippen molar-refractivity contribution < 1.29 is 27.2 Å². The molecule has 2 heterocycles. The Kier molecular flexibility index (Phi) is 4.65. The number of alkyl halides is 3. The highest BCUT2D eigenvalue weighted by molar-refractivity contribution is 5.78. The Morgan fingerprint density at radius 3 is 2.64 bits per heavy atom. The average molecular weight is 355 g/mol. The van der Waals surface area contributed by atoms with Crippen molar-refractivity contribution in [3.8, 4) is 5.75 Å². The topological polar surface area (TPSA) is 68.5 Å². The Morgan fingerprint density at radius 1 is 1.32 bits per heavy atom. The van der Waals surface area contributed by atoms with Gasteiger partial charge in [-0.25, -0.2) is 0 Å². The number of nitrogens with zero attached hydrogens (tertiary/aromatic N) is 3. The first kappa shape index (κ1) is 17.2. The molecule has 1 aromatic carbocycles. The van der Waals surface area contributed by atoms with Gasteiger partial charge in [0.15, 0.2) is 5.82 Å². The second-order valence-electron chi connectivity index (χ2n) is 5.67. The fourth-order valence-electron chi connectivity index (χ4n) is 2.73. The van der Waals surface area contributed by atoms with Gasteiger partial charge >= 0.3 is 6.36 Å². The molecule has 1 fully saturated rings. The number of aromatic nitrogens is 2. The van der Waals surface area contributed by atoms with Crippen LogP contribution in [-0.4, -0.2) is 27.3 Å². The number of halogens is 3. The molecule has 1 atom stereocenters. The number of likely N-dealkylation sites (tertiary alicyclic amines) is 1. The van der Waals surface area contributed by atoms with Gasteiger partial charge in [-0.3, -0.25) is 4.79 Å². The number of ether oxygens (including phenoxy) is 1. The monoisotopic (exact) mass is 355 g/mol. The first-order chi connectivity index (χ1) is 11.9. The summed E-state index contributed by atoms with van der Waals surface area (Å²) in [6.07, 6.45) is -3.17. The second kappa shape index (κ2) is 6.73. The molecule has 1 amide bonds. The van der Waals surface area contributed by atoms with Crippen LogP contribution in [0.2, 0.25) is 0 Å². The van der Waals surface area contributed by atoms with Crippen LogP contribution in [0, 0.1) is 0 Å². The van der Waals surface area contributed by atoms with Crippen LogP contribution in [0.3, 0.4) is 0 Å². The van der Waals surface area contributed by atoms with Crippen LogP contribution in [0.1, 0.15) is 43.1 Å². The van der Waals surface area contributed by atoms with E-state index in [1.807, 2.05) is 6.92 Å². The summed E-state index contributed by atoms with van der Waals surface area (Å²) in [6.45, 7) is 2.15. The van der Waals surface area contributed by atoms with Crippen LogP contribution in [0.15, 0.2) is 28.8 Å². The lowest BCUT2D eigenvalue weighted by Gasteiger charge is -2.22. The summed E-state index contributed by atoms with van der Waals surface area (Å²) in [4.78, 5) is 18.0. The quantitative estimate of drug-likeness (QED) is 0.822. The summed E-state index contributed by atoms with van der Waals surface area (Å²) in [7, 11) is 0. The first-order valence-electron chi connectivity index (χ1n) is 7.82. The van der Waals surface area contributed by atoms with Crippen LogP contribution in [0.5, 0.6) is 5.75 Å². The van der Waals surface area contributed by atoms with E-state index in [4.69, 9.17) is 4.52 Å². The van der Waals surface area contributed by atoms with Gasteiger partial charge in [0.2, 0.25) is 11.8 Å². The summed E-state index contributed by atoms with van der Waals surface area (Å²) in [6, 6.07) is 5.12. The van der Waals surface area contributed by atoms with Gasteiger partial charge in [-0.05, 0) is 24.1 Å². The van der Waals surface area contributed by atoms with Gasteiger partial charge in [-0.2, -0.15) is 4.98 Å². The Labute approximate surface area is 141 Å². The van der Waals surface area contributed by atoms with Crippen molar-refractivity contribution in [2.24, 2.45) is 0 Å². The number of hydrogen-bond donors (Lipinski definition) is 0. The molecule has 1 aliphatic rings. The second-order valence-corrected chi connectivity index (χ2v) is 5.67. The molecule has 0 saturated carbocycles. The van der Waals surface area contributed by atoms with Crippen molar-refractivity contribution >= 4 is 5.91 Å². The molecule has 1 saturated heterocycles. The molecule has 6 nitrogen and oxygen atoms in total. The zero-order valence-corrected chi connectivity index (χ0v) is 13.4. The number of amides is 1. The summed E-state index contributed by atoms with van der Waals surface area (Å²) in [5, 5.41) is 3.84. The summed E-state index contributed by atoms with van der Waals surface area (Å²) < 4.78 is 45.6. The van der Waals surface area contributed by atoms with Crippen molar-refractivity contribution in [2.45, 2.75) is 45.1 Å². The van der Waals surface area contributed by atoms with Crippen LogP contribution in [-0.2, 0) is 17.8 Å². The van der Waals surface area contributed by atoms with E-state index in [1.54, 1.807) is 4.90 Å². The lowest BCUT2D eigenvalue weighted by molar-refractivity contribution is -0.274. The number of hydrogen-bond acceptors (Lipinski definition) is 5. The van der Waals surface area contributed by atoms with E-state index < -0.39 is 6.36 Å². The first-order valence-corrected chi connectivity index (χ1v) is 7.82. The SMILES string of the molecule is CCc1noc(C2CCC(=O)N2Cc2ccc(OC(F)(F)F)cc2)n1. The molecular weight excluding hydrogens is 339 g/mol. The molecule has 0 radical (unpaired) electrons. The van der Waals surface area contributed by atoms with Gasteiger partial charge in [0, 0.05) is 19.4 Å². The number of aryl methyl sites for hydroxylation is 1. The van der Waals surface area contributed by atoms with Crippen LogP contribution >= 0.6 is 0 Å². The molecule has 1 unspecified atom stereocenters. The summed E-state index contributed by atoms with van der Waals surface area (Å²) in [5.41, 5.74) is 0.685. The predicted octanol–water partition coefficient (Wildman–Crippen LogP) is 3.39. The Morgan fingerprint density at radius 2 is 2.04 bits per heavy atom. The molecule has 134 valence electrons. The molecule has 2 aromatic rings. The van der Waals surface area contributed by atoms with E-state index in [0.717, 1.165) is 0 Å². The van der Waals surface area contributed by atoms with Gasteiger partial charge in [0.25, 0.3) is 0 Å². The van der Waals surface area contributed by atoms with Gasteiger partial charge < -0.3 is 14.2 Å². The molecule has 0 spiro atoms. The fraction of sp³-hybridized carbons (Fsp3) is 0.438. The van der Waals surface area contributed by atoms with E-state index in [9.17, 15) is 18.0 Å². The minimum atomic E-state index is -4.73. The highest BCUT2D eigenvalue weighted by Gasteiger charge is 2.36. The van der Waals surface area contributed by atoms with Gasteiger partial charge in [-0.15, -0.1) is 13.2 Å². The van der Waals surface area contributed by atoms with Crippen molar-refractivity contribution in [3.63, 3.8) is 0 Å². The van der Waals surface area contributed by atoms with E-state index in [0.29, 0.717) is 36.5 Å². The summed E-state index contributed by atoms with van der Waals surface area (Å²) in [5.74, 6) is 0.601.